The molecule has 0 aromatic heterocycles. The minimum Gasteiger partial charge on any atom is -0.444 e. The zero-order valence-electron chi connectivity index (χ0n) is 22.1. The highest BCUT2D eigenvalue weighted by atomic mass is 16.6. The molecule has 0 unspecified atom stereocenters. The fourth-order valence-electron chi connectivity index (χ4n) is 5.17. The van der Waals surface area contributed by atoms with E-state index in [9.17, 15) is 14.4 Å². The van der Waals surface area contributed by atoms with E-state index in [0.717, 1.165) is 24.8 Å². The summed E-state index contributed by atoms with van der Waals surface area (Å²) in [7, 11) is 0. The van der Waals surface area contributed by atoms with Crippen LogP contribution in [0.15, 0.2) is 66.7 Å². The first-order valence-corrected chi connectivity index (χ1v) is 13.1. The molecule has 7 heteroatoms. The molecular weight excluding hydrogens is 466 g/mol. The number of ether oxygens (including phenoxy) is 1. The number of rotatable bonds is 8. The van der Waals surface area contributed by atoms with Crippen molar-refractivity contribution in [1.29, 1.82) is 0 Å². The largest absolute Gasteiger partial charge is 0.444 e. The third-order valence-electron chi connectivity index (χ3n) is 6.87. The van der Waals surface area contributed by atoms with Crippen LogP contribution in [0.5, 0.6) is 0 Å². The molecule has 2 N–H and O–H groups in total. The molecule has 1 fully saturated rings. The van der Waals surface area contributed by atoms with Crippen LogP contribution >= 0.6 is 0 Å². The summed E-state index contributed by atoms with van der Waals surface area (Å²) in [5.74, 6) is -0.378. The van der Waals surface area contributed by atoms with E-state index in [2.05, 4.69) is 22.8 Å². The second-order valence-corrected chi connectivity index (χ2v) is 10.8. The highest BCUT2D eigenvalue weighted by Crippen LogP contribution is 2.52. The average Bonchev–Trinajstić information content (AvgIpc) is 3.42. The van der Waals surface area contributed by atoms with Gasteiger partial charge in [0.1, 0.15) is 11.6 Å². The van der Waals surface area contributed by atoms with Gasteiger partial charge in [0.2, 0.25) is 11.8 Å². The molecule has 4 atom stereocenters. The van der Waals surface area contributed by atoms with E-state index >= 15 is 0 Å². The third kappa shape index (κ3) is 6.59. The number of nitrogens with zero attached hydrogens (tertiary/aromatic N) is 1. The van der Waals surface area contributed by atoms with Gasteiger partial charge >= 0.3 is 6.09 Å². The molecule has 0 aliphatic carbocycles. The van der Waals surface area contributed by atoms with Gasteiger partial charge in [-0.1, -0.05) is 60.7 Å². The molecule has 0 spiro atoms. The molecule has 37 heavy (non-hydrogen) atoms. The topological polar surface area (TPSA) is 87.7 Å². The van der Waals surface area contributed by atoms with Crippen LogP contribution in [0.4, 0.5) is 4.79 Å². The molecular formula is C30H37N3O4. The van der Waals surface area contributed by atoms with Gasteiger partial charge in [-0.3, -0.25) is 9.59 Å². The van der Waals surface area contributed by atoms with Crippen LogP contribution in [0.25, 0.3) is 0 Å². The Hall–Kier alpha value is -3.61. The normalized spacial score (nSPS) is 19.8. The Morgan fingerprint density at radius 2 is 1.57 bits per heavy atom. The molecule has 2 bridgehead atoms. The van der Waals surface area contributed by atoms with Crippen molar-refractivity contribution in [3.63, 3.8) is 0 Å². The van der Waals surface area contributed by atoms with Crippen LogP contribution in [0.2, 0.25) is 0 Å². The highest BCUT2D eigenvalue weighted by Gasteiger charge is 2.45. The lowest BCUT2D eigenvalue weighted by molar-refractivity contribution is -0.128. The molecule has 2 aromatic rings. The lowest BCUT2D eigenvalue weighted by Gasteiger charge is -2.23. The third-order valence-corrected chi connectivity index (χ3v) is 6.87. The van der Waals surface area contributed by atoms with Crippen molar-refractivity contribution in [3.05, 3.63) is 83.4 Å². The van der Waals surface area contributed by atoms with Crippen LogP contribution in [0, 0.1) is 0 Å². The maximum Gasteiger partial charge on any atom is 0.408 e. The van der Waals surface area contributed by atoms with E-state index < -0.39 is 17.7 Å². The number of benzene rings is 2. The van der Waals surface area contributed by atoms with Crippen molar-refractivity contribution in [2.75, 3.05) is 0 Å². The van der Waals surface area contributed by atoms with Gasteiger partial charge in [0.25, 0.3) is 0 Å². The zero-order valence-corrected chi connectivity index (χ0v) is 22.1. The summed E-state index contributed by atoms with van der Waals surface area (Å²) in [5.41, 5.74) is 2.98. The zero-order chi connectivity index (χ0) is 26.6. The van der Waals surface area contributed by atoms with E-state index in [4.69, 9.17) is 4.74 Å². The Balaban J connectivity index is 1.42. The van der Waals surface area contributed by atoms with E-state index in [-0.39, 0.29) is 29.9 Å². The number of alkyl carbamates (subject to hydrolysis) is 1. The number of carbonyl (C=O) groups excluding carboxylic acids is 3. The first-order valence-electron chi connectivity index (χ1n) is 13.1. The van der Waals surface area contributed by atoms with Gasteiger partial charge in [-0.25, -0.2) is 4.79 Å². The average molecular weight is 504 g/mol. The summed E-state index contributed by atoms with van der Waals surface area (Å²) in [4.78, 5) is 40.3. The molecule has 0 saturated carbocycles. The van der Waals surface area contributed by atoms with Gasteiger partial charge in [0.05, 0.1) is 12.1 Å². The van der Waals surface area contributed by atoms with Crippen molar-refractivity contribution < 1.29 is 19.1 Å². The molecule has 2 heterocycles. The number of hydrogen-bond donors (Lipinski definition) is 2. The molecule has 1 saturated heterocycles. The lowest BCUT2D eigenvalue weighted by atomic mass is 9.92. The molecule has 3 amide bonds. The molecule has 2 aliphatic rings. The van der Waals surface area contributed by atoms with E-state index in [1.165, 1.54) is 11.1 Å². The number of aryl methyl sites for hydroxylation is 1. The van der Waals surface area contributed by atoms with Crippen LogP contribution in [-0.2, 0) is 20.7 Å². The lowest BCUT2D eigenvalue weighted by Crippen LogP contribution is -2.49. The van der Waals surface area contributed by atoms with Crippen molar-refractivity contribution >= 4 is 17.9 Å². The standard InChI is InChI=1S/C30H37N3O4/c1-20(31-29(36)37-30(2,3)4)28(35)32-22(15-14-21-10-6-5-7-11-21)16-19-27(34)33-25-17-18-26(33)24-13-9-8-12-23(24)25/h5-13,16,19-20,22,25-26H,14-15,17-18H2,1-4H3,(H,31,36)(H,32,35)/b19-16+/t20-,22-,25-,26+/m0/s1. The Morgan fingerprint density at radius 3 is 2.16 bits per heavy atom. The predicted molar refractivity (Wildman–Crippen MR) is 143 cm³/mol. The molecule has 2 aliphatic heterocycles. The Labute approximate surface area is 219 Å². The van der Waals surface area contributed by atoms with Gasteiger partial charge in [0, 0.05) is 12.1 Å². The second kappa shape index (κ2) is 11.2. The number of hydrogen-bond acceptors (Lipinski definition) is 4. The summed E-state index contributed by atoms with van der Waals surface area (Å²) in [6.45, 7) is 6.92. The predicted octanol–water partition coefficient (Wildman–Crippen LogP) is 4.99. The van der Waals surface area contributed by atoms with Crippen molar-refractivity contribution in [3.8, 4) is 0 Å². The monoisotopic (exact) mass is 503 g/mol. The summed E-state index contributed by atoms with van der Waals surface area (Å²) < 4.78 is 5.26. The van der Waals surface area contributed by atoms with Crippen molar-refractivity contribution in [2.24, 2.45) is 0 Å². The number of fused-ring (bicyclic) bond motifs is 5. The molecule has 0 radical (unpaired) electrons. The van der Waals surface area contributed by atoms with E-state index in [1.54, 1.807) is 39.8 Å². The quantitative estimate of drug-likeness (QED) is 0.497. The molecule has 2 aromatic carbocycles. The van der Waals surface area contributed by atoms with Gasteiger partial charge < -0.3 is 20.3 Å². The Kier molecular flexibility index (Phi) is 8.00. The number of carbonyl (C=O) groups is 3. The number of nitrogens with one attached hydrogen (secondary N) is 2. The smallest absolute Gasteiger partial charge is 0.408 e. The summed E-state index contributed by atoms with van der Waals surface area (Å²) in [6, 6.07) is 17.4. The SMILES string of the molecule is C[C@H](NC(=O)OC(C)(C)C)C(=O)N[C@H](/C=C/C(=O)N1[C@@H]2CC[C@H]1c1ccccc12)CCc1ccccc1. The molecule has 4 rings (SSSR count). The first-order chi connectivity index (χ1) is 17.6. The van der Waals surface area contributed by atoms with Crippen LogP contribution in [-0.4, -0.2) is 40.5 Å². The van der Waals surface area contributed by atoms with Crippen molar-refractivity contribution in [2.45, 2.75) is 83.1 Å². The minimum absolute atomic E-state index is 0.0393. The van der Waals surface area contributed by atoms with Gasteiger partial charge in [-0.2, -0.15) is 0 Å². The number of amides is 3. The molecule has 196 valence electrons. The molecule has 7 nitrogen and oxygen atoms in total. The maximum atomic E-state index is 13.3. The first kappa shape index (κ1) is 26.5. The van der Waals surface area contributed by atoms with Crippen LogP contribution in [0.3, 0.4) is 0 Å². The Morgan fingerprint density at radius 1 is 0.973 bits per heavy atom. The maximum absolute atomic E-state index is 13.3. The highest BCUT2D eigenvalue weighted by molar-refractivity contribution is 5.90. The second-order valence-electron chi connectivity index (χ2n) is 10.8. The van der Waals surface area contributed by atoms with Crippen LogP contribution in [0.1, 0.15) is 75.7 Å². The fraction of sp³-hybridized carbons (Fsp3) is 0.433. The van der Waals surface area contributed by atoms with Gasteiger partial charge in [-0.15, -0.1) is 0 Å². The summed E-state index contributed by atoms with van der Waals surface area (Å²) in [6.07, 6.45) is 6.03. The summed E-state index contributed by atoms with van der Waals surface area (Å²) >= 11 is 0. The Bertz CT molecular complexity index is 1120. The fourth-order valence-corrected chi connectivity index (χ4v) is 5.17. The van der Waals surface area contributed by atoms with E-state index in [1.807, 2.05) is 47.4 Å². The van der Waals surface area contributed by atoms with E-state index in [0.29, 0.717) is 6.42 Å². The summed E-state index contributed by atoms with van der Waals surface area (Å²) in [5, 5.41) is 5.57. The van der Waals surface area contributed by atoms with Crippen molar-refractivity contribution in [1.82, 2.24) is 15.5 Å². The van der Waals surface area contributed by atoms with Crippen LogP contribution < -0.4 is 10.6 Å². The van der Waals surface area contributed by atoms with Gasteiger partial charge in [0.15, 0.2) is 0 Å². The minimum atomic E-state index is -0.790. The van der Waals surface area contributed by atoms with Gasteiger partial charge in [-0.05, 0) is 70.1 Å².